The van der Waals surface area contributed by atoms with E-state index in [2.05, 4.69) is 0 Å². The van der Waals surface area contributed by atoms with Crippen LogP contribution in [0.25, 0.3) is 0 Å². The molecule has 1 saturated heterocycles. The lowest BCUT2D eigenvalue weighted by Crippen LogP contribution is -2.15. The van der Waals surface area contributed by atoms with Crippen molar-refractivity contribution in [3.05, 3.63) is 29.8 Å². The molecule has 0 saturated carbocycles. The topological polar surface area (TPSA) is 38.7 Å². The van der Waals surface area contributed by atoms with E-state index in [0.717, 1.165) is 24.3 Å². The van der Waals surface area contributed by atoms with E-state index in [0.29, 0.717) is 6.61 Å². The molecule has 0 amide bonds. The van der Waals surface area contributed by atoms with Crippen LogP contribution in [0.1, 0.15) is 12.0 Å². The molecule has 1 aliphatic heterocycles. The van der Waals surface area contributed by atoms with Gasteiger partial charge in [0, 0.05) is 6.42 Å². The van der Waals surface area contributed by atoms with Crippen LogP contribution < -0.4 is 4.74 Å². The van der Waals surface area contributed by atoms with Crippen LogP contribution in [-0.2, 0) is 11.3 Å². The van der Waals surface area contributed by atoms with Crippen molar-refractivity contribution in [2.24, 2.45) is 0 Å². The van der Waals surface area contributed by atoms with Gasteiger partial charge in [-0.2, -0.15) is 0 Å². The van der Waals surface area contributed by atoms with Crippen LogP contribution in [0.15, 0.2) is 24.3 Å². The van der Waals surface area contributed by atoms with Crippen molar-refractivity contribution in [1.29, 1.82) is 0 Å². The molecule has 0 spiro atoms. The molecular formula is C11H14O3. The summed E-state index contributed by atoms with van der Waals surface area (Å²) in [6.45, 7) is 1.55. The second-order valence-electron chi connectivity index (χ2n) is 3.41. The van der Waals surface area contributed by atoms with Crippen LogP contribution in [-0.4, -0.2) is 24.4 Å². The average molecular weight is 194 g/mol. The molecule has 3 heteroatoms. The lowest BCUT2D eigenvalue weighted by atomic mass is 10.2. The fraction of sp³-hybridized carbons (Fsp3) is 0.455. The van der Waals surface area contributed by atoms with Crippen LogP contribution in [0.5, 0.6) is 5.75 Å². The number of benzene rings is 1. The van der Waals surface area contributed by atoms with Gasteiger partial charge in [-0.25, -0.2) is 0 Å². The van der Waals surface area contributed by atoms with Crippen molar-refractivity contribution in [2.75, 3.05) is 13.2 Å². The molecule has 14 heavy (non-hydrogen) atoms. The Morgan fingerprint density at radius 3 is 2.71 bits per heavy atom. The molecule has 1 heterocycles. The Hall–Kier alpha value is -1.06. The van der Waals surface area contributed by atoms with Gasteiger partial charge in [0.25, 0.3) is 0 Å². The molecule has 1 N–H and O–H groups in total. The van der Waals surface area contributed by atoms with Crippen molar-refractivity contribution >= 4 is 0 Å². The maximum atomic E-state index is 8.85. The molecule has 0 aromatic heterocycles. The van der Waals surface area contributed by atoms with Crippen molar-refractivity contribution in [1.82, 2.24) is 0 Å². The predicted molar refractivity (Wildman–Crippen MR) is 52.2 cm³/mol. The minimum absolute atomic E-state index is 0.0762. The molecule has 1 aromatic rings. The van der Waals surface area contributed by atoms with Crippen LogP contribution in [0, 0.1) is 0 Å². The molecule has 0 unspecified atom stereocenters. The first kappa shape index (κ1) is 9.49. The molecule has 0 radical (unpaired) electrons. The molecule has 1 fully saturated rings. The molecule has 1 aromatic carbocycles. The number of aliphatic hydroxyl groups excluding tert-OH is 1. The molecule has 1 aliphatic rings. The van der Waals surface area contributed by atoms with Gasteiger partial charge in [-0.1, -0.05) is 12.1 Å². The zero-order chi connectivity index (χ0) is 9.80. The summed E-state index contributed by atoms with van der Waals surface area (Å²) in [5.41, 5.74) is 0.903. The van der Waals surface area contributed by atoms with Gasteiger partial charge in [-0.3, -0.25) is 0 Å². The number of ether oxygens (including phenoxy) is 2. The van der Waals surface area contributed by atoms with Gasteiger partial charge in [0.05, 0.1) is 19.8 Å². The smallest absolute Gasteiger partial charge is 0.124 e. The van der Waals surface area contributed by atoms with Crippen molar-refractivity contribution < 1.29 is 14.6 Å². The lowest BCUT2D eigenvalue weighted by Gasteiger charge is -2.11. The second-order valence-corrected chi connectivity index (χ2v) is 3.41. The van der Waals surface area contributed by atoms with Crippen LogP contribution in [0.3, 0.4) is 0 Å². The SMILES string of the molecule is OCc1ccc(O[C@H]2CCOC2)cc1. The standard InChI is InChI=1S/C11H14O3/c12-7-9-1-3-10(4-2-9)14-11-5-6-13-8-11/h1-4,11-12H,5-8H2/t11-/m0/s1. The Morgan fingerprint density at radius 2 is 2.14 bits per heavy atom. The van der Waals surface area contributed by atoms with E-state index in [4.69, 9.17) is 14.6 Å². The summed E-state index contributed by atoms with van der Waals surface area (Å²) in [7, 11) is 0. The van der Waals surface area contributed by atoms with E-state index in [-0.39, 0.29) is 12.7 Å². The van der Waals surface area contributed by atoms with Crippen LogP contribution in [0.2, 0.25) is 0 Å². The van der Waals surface area contributed by atoms with Crippen LogP contribution >= 0.6 is 0 Å². The van der Waals surface area contributed by atoms with Gasteiger partial charge in [0.15, 0.2) is 0 Å². The zero-order valence-electron chi connectivity index (χ0n) is 7.98. The van der Waals surface area contributed by atoms with E-state index >= 15 is 0 Å². The minimum Gasteiger partial charge on any atom is -0.488 e. The van der Waals surface area contributed by atoms with E-state index in [1.807, 2.05) is 24.3 Å². The quantitative estimate of drug-likeness (QED) is 0.789. The first-order valence-corrected chi connectivity index (χ1v) is 4.82. The number of hydrogen-bond donors (Lipinski definition) is 1. The normalized spacial score (nSPS) is 21.1. The molecule has 0 bridgehead atoms. The fourth-order valence-electron chi connectivity index (χ4n) is 1.47. The summed E-state index contributed by atoms with van der Waals surface area (Å²) in [6, 6.07) is 7.49. The summed E-state index contributed by atoms with van der Waals surface area (Å²) < 4.78 is 10.9. The van der Waals surface area contributed by atoms with Gasteiger partial charge in [0.1, 0.15) is 11.9 Å². The third kappa shape index (κ3) is 2.25. The van der Waals surface area contributed by atoms with Crippen molar-refractivity contribution in [2.45, 2.75) is 19.1 Å². The average Bonchev–Trinajstić information content (AvgIpc) is 2.72. The van der Waals surface area contributed by atoms with E-state index in [1.165, 1.54) is 0 Å². The molecule has 2 rings (SSSR count). The first-order valence-electron chi connectivity index (χ1n) is 4.82. The summed E-state index contributed by atoms with van der Waals surface area (Å²) in [4.78, 5) is 0. The number of aliphatic hydroxyl groups is 1. The first-order chi connectivity index (χ1) is 6.88. The Bertz CT molecular complexity index is 275. The zero-order valence-corrected chi connectivity index (χ0v) is 7.98. The van der Waals surface area contributed by atoms with Gasteiger partial charge >= 0.3 is 0 Å². The van der Waals surface area contributed by atoms with Crippen LogP contribution in [0.4, 0.5) is 0 Å². The molecular weight excluding hydrogens is 180 g/mol. The maximum Gasteiger partial charge on any atom is 0.124 e. The van der Waals surface area contributed by atoms with Gasteiger partial charge in [-0.05, 0) is 17.7 Å². The fourth-order valence-corrected chi connectivity index (χ4v) is 1.47. The molecule has 3 nitrogen and oxygen atoms in total. The predicted octanol–water partition coefficient (Wildman–Crippen LogP) is 1.35. The number of hydrogen-bond acceptors (Lipinski definition) is 3. The second kappa shape index (κ2) is 4.44. The van der Waals surface area contributed by atoms with E-state index in [9.17, 15) is 0 Å². The Labute approximate surface area is 83.3 Å². The molecule has 1 atom stereocenters. The molecule has 0 aliphatic carbocycles. The monoisotopic (exact) mass is 194 g/mol. The van der Waals surface area contributed by atoms with E-state index < -0.39 is 0 Å². The summed E-state index contributed by atoms with van der Waals surface area (Å²) in [5, 5.41) is 8.85. The third-order valence-corrected chi connectivity index (χ3v) is 2.30. The van der Waals surface area contributed by atoms with Gasteiger partial charge < -0.3 is 14.6 Å². The van der Waals surface area contributed by atoms with Gasteiger partial charge in [-0.15, -0.1) is 0 Å². The summed E-state index contributed by atoms with van der Waals surface area (Å²) in [5.74, 6) is 0.845. The Balaban J connectivity index is 1.95. The summed E-state index contributed by atoms with van der Waals surface area (Å²) in [6.07, 6.45) is 1.15. The highest BCUT2D eigenvalue weighted by atomic mass is 16.5. The maximum absolute atomic E-state index is 8.85. The highest BCUT2D eigenvalue weighted by Gasteiger charge is 2.16. The Kier molecular flexibility index (Phi) is 3.01. The van der Waals surface area contributed by atoms with Crippen molar-refractivity contribution in [3.8, 4) is 5.75 Å². The Morgan fingerprint density at radius 1 is 1.36 bits per heavy atom. The highest BCUT2D eigenvalue weighted by Crippen LogP contribution is 2.17. The number of rotatable bonds is 3. The highest BCUT2D eigenvalue weighted by molar-refractivity contribution is 5.27. The van der Waals surface area contributed by atoms with E-state index in [1.54, 1.807) is 0 Å². The summed E-state index contributed by atoms with van der Waals surface area (Å²) >= 11 is 0. The third-order valence-electron chi connectivity index (χ3n) is 2.30. The lowest BCUT2D eigenvalue weighted by molar-refractivity contribution is 0.141. The molecule has 76 valence electrons. The largest absolute Gasteiger partial charge is 0.488 e. The van der Waals surface area contributed by atoms with Gasteiger partial charge in [0.2, 0.25) is 0 Å². The minimum atomic E-state index is 0.0762. The van der Waals surface area contributed by atoms with Crippen molar-refractivity contribution in [3.63, 3.8) is 0 Å².